The lowest BCUT2D eigenvalue weighted by Crippen LogP contribution is -2.41. The smallest absolute Gasteiger partial charge is 0.315 e. The van der Waals surface area contributed by atoms with E-state index in [0.717, 1.165) is 11.1 Å². The number of hydrogen-bond acceptors (Lipinski definition) is 3. The van der Waals surface area contributed by atoms with Gasteiger partial charge >= 0.3 is 6.03 Å². The van der Waals surface area contributed by atoms with Crippen LogP contribution in [0.5, 0.6) is 5.75 Å². The Labute approximate surface area is 140 Å². The first-order valence-corrected chi connectivity index (χ1v) is 7.61. The van der Waals surface area contributed by atoms with Gasteiger partial charge in [0.25, 0.3) is 0 Å². The molecule has 0 aliphatic rings. The second-order valence-corrected chi connectivity index (χ2v) is 5.46. The second-order valence-electron chi connectivity index (χ2n) is 5.46. The largest absolute Gasteiger partial charge is 0.497 e. The molecule has 2 aromatic carbocycles. The quantitative estimate of drug-likeness (QED) is 0.761. The first-order chi connectivity index (χ1) is 11.5. The van der Waals surface area contributed by atoms with Crippen LogP contribution in [0.4, 0.5) is 9.18 Å². The Morgan fingerprint density at radius 3 is 2.17 bits per heavy atom. The van der Waals surface area contributed by atoms with E-state index < -0.39 is 18.2 Å². The summed E-state index contributed by atoms with van der Waals surface area (Å²) >= 11 is 0. The summed E-state index contributed by atoms with van der Waals surface area (Å²) in [6.45, 7) is 1.73. The minimum Gasteiger partial charge on any atom is -0.497 e. The van der Waals surface area contributed by atoms with Gasteiger partial charge in [-0.1, -0.05) is 24.3 Å². The summed E-state index contributed by atoms with van der Waals surface area (Å²) in [6, 6.07) is 12.3. The van der Waals surface area contributed by atoms with Crippen molar-refractivity contribution in [3.63, 3.8) is 0 Å². The van der Waals surface area contributed by atoms with E-state index in [-0.39, 0.29) is 12.4 Å². The van der Waals surface area contributed by atoms with Gasteiger partial charge in [-0.25, -0.2) is 9.18 Å². The highest BCUT2D eigenvalue weighted by Crippen LogP contribution is 2.24. The molecule has 128 valence electrons. The van der Waals surface area contributed by atoms with E-state index in [4.69, 9.17) is 4.74 Å². The molecule has 5 nitrogen and oxygen atoms in total. The summed E-state index contributed by atoms with van der Waals surface area (Å²) in [7, 11) is 1.58. The zero-order valence-corrected chi connectivity index (χ0v) is 13.6. The molecule has 24 heavy (non-hydrogen) atoms. The fourth-order valence-corrected chi connectivity index (χ4v) is 2.23. The molecule has 0 radical (unpaired) electrons. The summed E-state index contributed by atoms with van der Waals surface area (Å²) in [5, 5.41) is 14.7. The Kier molecular flexibility index (Phi) is 6.14. The third kappa shape index (κ3) is 4.96. The standard InChI is InChI=1S/C18H21FN2O3/c1-12(22)11-20-18(23)21-17(13-3-7-15(19)8-4-13)14-5-9-16(24-2)10-6-14/h3-10,12,17,22H,11H2,1-2H3,(H2,20,21,23)/t12-,17+/m1/s1. The van der Waals surface area contributed by atoms with Crippen molar-refractivity contribution in [1.29, 1.82) is 0 Å². The number of carbonyl (C=O) groups is 1. The van der Waals surface area contributed by atoms with Crippen molar-refractivity contribution in [2.45, 2.75) is 19.1 Å². The molecular weight excluding hydrogens is 311 g/mol. The molecule has 0 spiro atoms. The molecule has 2 aromatic rings. The fraction of sp³-hybridized carbons (Fsp3) is 0.278. The van der Waals surface area contributed by atoms with Gasteiger partial charge < -0.3 is 20.5 Å². The number of aliphatic hydroxyl groups excluding tert-OH is 1. The second kappa shape index (κ2) is 8.31. The minimum absolute atomic E-state index is 0.143. The van der Waals surface area contributed by atoms with Crippen LogP contribution in [0.25, 0.3) is 0 Å². The third-order valence-corrected chi connectivity index (χ3v) is 3.49. The third-order valence-electron chi connectivity index (χ3n) is 3.49. The van der Waals surface area contributed by atoms with E-state index >= 15 is 0 Å². The highest BCUT2D eigenvalue weighted by atomic mass is 19.1. The van der Waals surface area contributed by atoms with E-state index in [2.05, 4.69) is 10.6 Å². The molecule has 3 N–H and O–H groups in total. The average Bonchev–Trinajstić information content (AvgIpc) is 2.59. The van der Waals surface area contributed by atoms with Gasteiger partial charge in [-0.2, -0.15) is 0 Å². The number of amides is 2. The van der Waals surface area contributed by atoms with Gasteiger partial charge in [0.15, 0.2) is 0 Å². The molecule has 0 bridgehead atoms. The van der Waals surface area contributed by atoms with Crippen molar-refractivity contribution in [2.24, 2.45) is 0 Å². The Morgan fingerprint density at radius 2 is 1.67 bits per heavy atom. The summed E-state index contributed by atoms with van der Waals surface area (Å²) < 4.78 is 18.3. The average molecular weight is 332 g/mol. The number of urea groups is 1. The molecule has 0 aromatic heterocycles. The normalized spacial score (nSPS) is 13.0. The Morgan fingerprint density at radius 1 is 1.12 bits per heavy atom. The lowest BCUT2D eigenvalue weighted by Gasteiger charge is -2.21. The van der Waals surface area contributed by atoms with E-state index in [1.54, 1.807) is 38.3 Å². The number of carbonyl (C=O) groups excluding carboxylic acids is 1. The molecule has 0 aliphatic carbocycles. The summed E-state index contributed by atoms with van der Waals surface area (Å²) in [5.74, 6) is 0.362. The highest BCUT2D eigenvalue weighted by molar-refractivity contribution is 5.75. The molecule has 0 saturated carbocycles. The molecular formula is C18H21FN2O3. The van der Waals surface area contributed by atoms with E-state index in [9.17, 15) is 14.3 Å². The van der Waals surface area contributed by atoms with Gasteiger partial charge in [-0.05, 0) is 42.3 Å². The molecule has 2 atom stereocenters. The number of ether oxygens (including phenoxy) is 1. The van der Waals surface area contributed by atoms with Crippen LogP contribution < -0.4 is 15.4 Å². The van der Waals surface area contributed by atoms with E-state index in [1.165, 1.54) is 12.1 Å². The van der Waals surface area contributed by atoms with Crippen molar-refractivity contribution >= 4 is 6.03 Å². The Hall–Kier alpha value is -2.60. The van der Waals surface area contributed by atoms with Crippen molar-refractivity contribution in [1.82, 2.24) is 10.6 Å². The van der Waals surface area contributed by atoms with Gasteiger partial charge in [0.2, 0.25) is 0 Å². The van der Waals surface area contributed by atoms with Crippen LogP contribution in [0.15, 0.2) is 48.5 Å². The predicted octanol–water partition coefficient (Wildman–Crippen LogP) is 2.60. The molecule has 2 amide bonds. The highest BCUT2D eigenvalue weighted by Gasteiger charge is 2.17. The minimum atomic E-state index is -0.638. The van der Waals surface area contributed by atoms with Crippen molar-refractivity contribution < 1.29 is 19.0 Å². The van der Waals surface area contributed by atoms with Gasteiger partial charge in [0.1, 0.15) is 11.6 Å². The van der Waals surface area contributed by atoms with Crippen LogP contribution in [0, 0.1) is 5.82 Å². The van der Waals surface area contributed by atoms with Crippen molar-refractivity contribution in [3.8, 4) is 5.75 Å². The maximum absolute atomic E-state index is 13.2. The Bertz CT molecular complexity index is 657. The molecule has 0 saturated heterocycles. The van der Waals surface area contributed by atoms with Crippen LogP contribution >= 0.6 is 0 Å². The number of halogens is 1. The predicted molar refractivity (Wildman–Crippen MR) is 89.5 cm³/mol. The summed E-state index contributed by atoms with van der Waals surface area (Å²) in [5.41, 5.74) is 1.57. The fourth-order valence-electron chi connectivity index (χ4n) is 2.23. The van der Waals surface area contributed by atoms with Gasteiger partial charge in [-0.15, -0.1) is 0 Å². The summed E-state index contributed by atoms with van der Waals surface area (Å²) in [6.07, 6.45) is -0.638. The van der Waals surface area contributed by atoms with Gasteiger partial charge in [0.05, 0.1) is 19.3 Å². The molecule has 0 unspecified atom stereocenters. The monoisotopic (exact) mass is 332 g/mol. The van der Waals surface area contributed by atoms with Crippen molar-refractivity contribution in [2.75, 3.05) is 13.7 Å². The van der Waals surface area contributed by atoms with Crippen molar-refractivity contribution in [3.05, 3.63) is 65.5 Å². The van der Waals surface area contributed by atoms with E-state index in [1.807, 2.05) is 12.1 Å². The van der Waals surface area contributed by atoms with Gasteiger partial charge in [-0.3, -0.25) is 0 Å². The number of aliphatic hydroxyl groups is 1. The first-order valence-electron chi connectivity index (χ1n) is 7.61. The molecule has 0 heterocycles. The lowest BCUT2D eigenvalue weighted by molar-refractivity contribution is 0.187. The van der Waals surface area contributed by atoms with Gasteiger partial charge in [0, 0.05) is 6.54 Å². The number of rotatable bonds is 6. The van der Waals surface area contributed by atoms with Crippen LogP contribution in [0.3, 0.4) is 0 Å². The zero-order chi connectivity index (χ0) is 17.5. The maximum atomic E-state index is 13.2. The van der Waals surface area contributed by atoms with E-state index in [0.29, 0.717) is 5.75 Å². The van der Waals surface area contributed by atoms with Crippen LogP contribution in [0.2, 0.25) is 0 Å². The summed E-state index contributed by atoms with van der Waals surface area (Å²) in [4.78, 5) is 12.1. The molecule has 2 rings (SSSR count). The van der Waals surface area contributed by atoms with Crippen LogP contribution in [-0.2, 0) is 0 Å². The topological polar surface area (TPSA) is 70.6 Å². The van der Waals surface area contributed by atoms with Crippen LogP contribution in [0.1, 0.15) is 24.1 Å². The zero-order valence-electron chi connectivity index (χ0n) is 13.6. The molecule has 0 fully saturated rings. The Balaban J connectivity index is 2.23. The molecule has 6 heteroatoms. The maximum Gasteiger partial charge on any atom is 0.315 e. The first kappa shape index (κ1) is 17.7. The number of hydrogen-bond donors (Lipinski definition) is 3. The number of nitrogens with one attached hydrogen (secondary N) is 2. The van der Waals surface area contributed by atoms with Crippen LogP contribution in [-0.4, -0.2) is 30.9 Å². The SMILES string of the molecule is COc1ccc([C@@H](NC(=O)NC[C@@H](C)O)c2ccc(F)cc2)cc1. The number of benzene rings is 2. The number of methoxy groups -OCH3 is 1. The lowest BCUT2D eigenvalue weighted by atomic mass is 9.98. The molecule has 0 aliphatic heterocycles.